The van der Waals surface area contributed by atoms with Gasteiger partial charge in [0.1, 0.15) is 5.82 Å². The quantitative estimate of drug-likeness (QED) is 0.640. The number of thioether (sulfide) groups is 2. The Kier molecular flexibility index (Phi) is 4.24. The zero-order valence-electron chi connectivity index (χ0n) is 8.50. The minimum absolute atomic E-state index is 0.286. The van der Waals surface area contributed by atoms with Crippen LogP contribution in [0.3, 0.4) is 0 Å². The van der Waals surface area contributed by atoms with Gasteiger partial charge in [0.05, 0.1) is 10.3 Å². The van der Waals surface area contributed by atoms with Crippen LogP contribution in [-0.4, -0.2) is 11.5 Å². The summed E-state index contributed by atoms with van der Waals surface area (Å²) in [5.74, 6) is 7.08. The number of hydrogen-bond acceptors (Lipinski definition) is 4. The lowest BCUT2D eigenvalue weighted by atomic mass is 10.2. The van der Waals surface area contributed by atoms with Crippen molar-refractivity contribution in [3.63, 3.8) is 0 Å². The standard InChI is InChI=1S/C10H12ClFN2S2/c11-7-5-8(12)9(14-13)4-6(7)10-15-2-1-3-16-10/h4-5,10,14H,1-3,13H2. The van der Waals surface area contributed by atoms with Gasteiger partial charge in [-0.05, 0) is 35.6 Å². The minimum Gasteiger partial charge on any atom is -0.321 e. The summed E-state index contributed by atoms with van der Waals surface area (Å²) in [6, 6.07) is 3.02. The fourth-order valence-electron chi connectivity index (χ4n) is 1.52. The molecule has 0 unspecified atom stereocenters. The van der Waals surface area contributed by atoms with Crippen LogP contribution < -0.4 is 11.3 Å². The summed E-state index contributed by atoms with van der Waals surface area (Å²) in [5.41, 5.74) is 3.60. The molecule has 0 aromatic heterocycles. The molecule has 2 rings (SSSR count). The summed E-state index contributed by atoms with van der Waals surface area (Å²) < 4.78 is 13.6. The summed E-state index contributed by atoms with van der Waals surface area (Å²) in [6.45, 7) is 0. The summed E-state index contributed by atoms with van der Waals surface area (Å²) >= 11 is 9.74. The number of nitrogens with one attached hydrogen (secondary N) is 1. The fraction of sp³-hybridized carbons (Fsp3) is 0.400. The first-order chi connectivity index (χ1) is 7.72. The first-order valence-corrected chi connectivity index (χ1v) is 7.38. The van der Waals surface area contributed by atoms with Crippen LogP contribution in [0.15, 0.2) is 12.1 Å². The second-order valence-electron chi connectivity index (χ2n) is 3.42. The summed E-state index contributed by atoms with van der Waals surface area (Å²) in [5, 5.41) is 0.475. The molecule has 0 amide bonds. The van der Waals surface area contributed by atoms with Crippen molar-refractivity contribution < 1.29 is 4.39 Å². The van der Waals surface area contributed by atoms with Gasteiger partial charge in [0, 0.05) is 5.02 Å². The molecule has 1 saturated heterocycles. The smallest absolute Gasteiger partial charge is 0.149 e. The maximum Gasteiger partial charge on any atom is 0.149 e. The van der Waals surface area contributed by atoms with Gasteiger partial charge in [-0.3, -0.25) is 5.84 Å². The van der Waals surface area contributed by atoms with Crippen LogP contribution in [0.2, 0.25) is 5.02 Å². The molecule has 0 atom stereocenters. The predicted octanol–water partition coefficient (Wildman–Crippen LogP) is 3.63. The number of nitrogens with two attached hydrogens (primary N) is 1. The molecule has 1 aliphatic rings. The van der Waals surface area contributed by atoms with Crippen LogP contribution in [0, 0.1) is 5.82 Å². The Hall–Kier alpha value is -0.100. The first kappa shape index (κ1) is 12.4. The molecule has 88 valence electrons. The molecule has 1 aromatic carbocycles. The van der Waals surface area contributed by atoms with Crippen molar-refractivity contribution in [2.45, 2.75) is 11.0 Å². The van der Waals surface area contributed by atoms with E-state index in [-0.39, 0.29) is 4.58 Å². The average Bonchev–Trinajstić information content (AvgIpc) is 2.30. The van der Waals surface area contributed by atoms with Gasteiger partial charge in [0.25, 0.3) is 0 Å². The van der Waals surface area contributed by atoms with Gasteiger partial charge in [-0.2, -0.15) is 0 Å². The van der Waals surface area contributed by atoms with Crippen molar-refractivity contribution >= 4 is 40.8 Å². The molecule has 0 bridgehead atoms. The van der Waals surface area contributed by atoms with Crippen molar-refractivity contribution in [3.8, 4) is 0 Å². The molecule has 1 fully saturated rings. The Bertz CT molecular complexity index is 383. The third-order valence-electron chi connectivity index (χ3n) is 2.32. The Labute approximate surface area is 107 Å². The van der Waals surface area contributed by atoms with Crippen molar-refractivity contribution in [1.82, 2.24) is 0 Å². The lowest BCUT2D eigenvalue weighted by molar-refractivity contribution is 0.630. The molecule has 0 saturated carbocycles. The molecule has 2 nitrogen and oxygen atoms in total. The SMILES string of the molecule is NNc1cc(C2SCCCS2)c(Cl)cc1F. The highest BCUT2D eigenvalue weighted by Crippen LogP contribution is 2.46. The maximum absolute atomic E-state index is 13.4. The number of anilines is 1. The van der Waals surface area contributed by atoms with E-state index in [0.29, 0.717) is 10.7 Å². The van der Waals surface area contributed by atoms with E-state index in [1.165, 1.54) is 12.5 Å². The zero-order chi connectivity index (χ0) is 11.5. The minimum atomic E-state index is -0.415. The van der Waals surface area contributed by atoms with Crippen LogP contribution in [0.4, 0.5) is 10.1 Å². The fourth-order valence-corrected chi connectivity index (χ4v) is 4.86. The molecule has 1 heterocycles. The van der Waals surface area contributed by atoms with E-state index in [0.717, 1.165) is 17.1 Å². The second kappa shape index (κ2) is 5.49. The Morgan fingerprint density at radius 1 is 1.38 bits per heavy atom. The highest BCUT2D eigenvalue weighted by Gasteiger charge is 2.20. The molecule has 16 heavy (non-hydrogen) atoms. The molecule has 0 aliphatic carbocycles. The lowest BCUT2D eigenvalue weighted by Gasteiger charge is -2.22. The molecule has 6 heteroatoms. The van der Waals surface area contributed by atoms with Gasteiger partial charge in [0.15, 0.2) is 0 Å². The Morgan fingerprint density at radius 3 is 2.69 bits per heavy atom. The molecular formula is C10H12ClFN2S2. The molecule has 1 aliphatic heterocycles. The maximum atomic E-state index is 13.4. The number of rotatable bonds is 2. The van der Waals surface area contributed by atoms with Crippen LogP contribution in [0.5, 0.6) is 0 Å². The highest BCUT2D eigenvalue weighted by molar-refractivity contribution is 8.16. The molecule has 1 aromatic rings. The number of hydrogen-bond donors (Lipinski definition) is 2. The Morgan fingerprint density at radius 2 is 2.06 bits per heavy atom. The predicted molar refractivity (Wildman–Crippen MR) is 71.5 cm³/mol. The topological polar surface area (TPSA) is 38.0 Å². The number of hydrazine groups is 1. The summed E-state index contributed by atoms with van der Waals surface area (Å²) in [7, 11) is 0. The summed E-state index contributed by atoms with van der Waals surface area (Å²) in [6.07, 6.45) is 1.21. The van der Waals surface area contributed by atoms with E-state index >= 15 is 0 Å². The van der Waals surface area contributed by atoms with Crippen molar-refractivity contribution in [2.75, 3.05) is 16.9 Å². The zero-order valence-corrected chi connectivity index (χ0v) is 10.9. The van der Waals surface area contributed by atoms with Crippen molar-refractivity contribution in [1.29, 1.82) is 0 Å². The van der Waals surface area contributed by atoms with Crippen LogP contribution >= 0.6 is 35.1 Å². The third kappa shape index (κ3) is 2.59. The van der Waals surface area contributed by atoms with E-state index in [1.54, 1.807) is 6.07 Å². The third-order valence-corrected chi connectivity index (χ3v) is 5.63. The molecular weight excluding hydrogens is 267 g/mol. The van der Waals surface area contributed by atoms with Gasteiger partial charge in [-0.1, -0.05) is 11.6 Å². The van der Waals surface area contributed by atoms with Gasteiger partial charge < -0.3 is 5.43 Å². The van der Waals surface area contributed by atoms with Crippen molar-refractivity contribution in [2.24, 2.45) is 5.84 Å². The van der Waals surface area contributed by atoms with Gasteiger partial charge in [-0.25, -0.2) is 4.39 Å². The van der Waals surface area contributed by atoms with E-state index in [4.69, 9.17) is 17.4 Å². The van der Waals surface area contributed by atoms with E-state index in [9.17, 15) is 4.39 Å². The Balaban J connectivity index is 2.31. The van der Waals surface area contributed by atoms with Crippen LogP contribution in [0.1, 0.15) is 16.6 Å². The monoisotopic (exact) mass is 278 g/mol. The van der Waals surface area contributed by atoms with E-state index in [1.807, 2.05) is 23.5 Å². The first-order valence-electron chi connectivity index (χ1n) is 4.91. The summed E-state index contributed by atoms with van der Waals surface area (Å²) in [4.78, 5) is 0. The molecule has 3 N–H and O–H groups in total. The largest absolute Gasteiger partial charge is 0.321 e. The van der Waals surface area contributed by atoms with Gasteiger partial charge in [0.2, 0.25) is 0 Å². The van der Waals surface area contributed by atoms with Crippen molar-refractivity contribution in [3.05, 3.63) is 28.5 Å². The molecule has 0 spiro atoms. The number of nitrogen functional groups attached to an aromatic ring is 1. The number of benzene rings is 1. The average molecular weight is 279 g/mol. The lowest BCUT2D eigenvalue weighted by Crippen LogP contribution is -2.10. The van der Waals surface area contributed by atoms with Gasteiger partial charge >= 0.3 is 0 Å². The van der Waals surface area contributed by atoms with Crippen LogP contribution in [-0.2, 0) is 0 Å². The van der Waals surface area contributed by atoms with E-state index in [2.05, 4.69) is 5.43 Å². The van der Waals surface area contributed by atoms with Gasteiger partial charge in [-0.15, -0.1) is 23.5 Å². The normalized spacial score (nSPS) is 17.4. The van der Waals surface area contributed by atoms with E-state index < -0.39 is 5.82 Å². The highest BCUT2D eigenvalue weighted by atomic mass is 35.5. The number of halogens is 2. The molecule has 0 radical (unpaired) electrons. The van der Waals surface area contributed by atoms with Crippen LogP contribution in [0.25, 0.3) is 0 Å². The second-order valence-corrected chi connectivity index (χ2v) is 6.56.